The fraction of sp³-hybridized carbons (Fsp3) is 0.625. The monoisotopic (exact) mass is 357 g/mol. The second kappa shape index (κ2) is 9.28. The molecule has 0 aliphatic heterocycles. The molecule has 0 aromatic carbocycles. The number of amides is 1. The highest BCUT2D eigenvalue weighted by Crippen LogP contribution is 2.47. The number of rotatable bonds is 9. The van der Waals surface area contributed by atoms with Gasteiger partial charge in [-0.15, -0.1) is 0 Å². The van der Waals surface area contributed by atoms with E-state index in [-0.39, 0.29) is 24.0 Å². The molecule has 24 heavy (non-hydrogen) atoms. The third-order valence-electron chi connectivity index (χ3n) is 2.89. The second-order valence-electron chi connectivity index (χ2n) is 6.38. The van der Waals surface area contributed by atoms with Gasteiger partial charge in [-0.3, -0.25) is 18.8 Å². The van der Waals surface area contributed by atoms with Crippen LogP contribution in [0.4, 0.5) is 5.69 Å². The van der Waals surface area contributed by atoms with Crippen molar-refractivity contribution in [3.63, 3.8) is 0 Å². The molecular formula is C16H28N3O4P. The van der Waals surface area contributed by atoms with Crippen molar-refractivity contribution in [3.05, 3.63) is 24.5 Å². The van der Waals surface area contributed by atoms with Crippen LogP contribution in [-0.4, -0.2) is 29.1 Å². The highest BCUT2D eigenvalue weighted by molar-refractivity contribution is 7.51. The molecule has 1 heterocycles. The van der Waals surface area contributed by atoms with E-state index in [1.165, 1.54) is 0 Å². The topological polar surface area (TPSA) is 89.5 Å². The van der Waals surface area contributed by atoms with Gasteiger partial charge in [-0.05, 0) is 45.7 Å². The van der Waals surface area contributed by atoms with E-state index in [0.717, 1.165) is 0 Å². The molecule has 136 valence electrons. The van der Waals surface area contributed by atoms with Crippen LogP contribution in [-0.2, 0) is 18.4 Å². The average molecular weight is 357 g/mol. The lowest BCUT2D eigenvalue weighted by atomic mass is 10.1. The quantitative estimate of drug-likeness (QED) is 0.657. The highest BCUT2D eigenvalue weighted by Gasteiger charge is 2.35. The van der Waals surface area contributed by atoms with Crippen LogP contribution in [0.2, 0.25) is 0 Å². The van der Waals surface area contributed by atoms with E-state index >= 15 is 0 Å². The molecule has 1 rings (SSSR count). The predicted octanol–water partition coefficient (Wildman–Crippen LogP) is 3.59. The Bertz CT molecular complexity index is 550. The summed E-state index contributed by atoms with van der Waals surface area (Å²) < 4.78 is 23.9. The Balaban J connectivity index is 2.92. The lowest BCUT2D eigenvalue weighted by molar-refractivity contribution is -0.118. The average Bonchev–Trinajstić information content (AvgIpc) is 2.43. The van der Waals surface area contributed by atoms with Crippen molar-refractivity contribution in [2.45, 2.75) is 59.8 Å². The van der Waals surface area contributed by atoms with Gasteiger partial charge in [0.25, 0.3) is 0 Å². The fourth-order valence-electron chi connectivity index (χ4n) is 1.98. The third-order valence-corrected chi connectivity index (χ3v) is 4.89. The second-order valence-corrected chi connectivity index (χ2v) is 8.06. The molecule has 0 aliphatic carbocycles. The van der Waals surface area contributed by atoms with Crippen LogP contribution in [0.5, 0.6) is 0 Å². The van der Waals surface area contributed by atoms with Gasteiger partial charge < -0.3 is 5.32 Å². The normalized spacial score (nSPS) is 13.5. The summed E-state index contributed by atoms with van der Waals surface area (Å²) in [7, 11) is -3.62. The molecule has 7 nitrogen and oxygen atoms in total. The molecule has 1 aromatic rings. The van der Waals surface area contributed by atoms with Gasteiger partial charge >= 0.3 is 7.75 Å². The van der Waals surface area contributed by atoms with Crippen LogP contribution < -0.4 is 10.4 Å². The SMILES string of the molecule is CC(C)OP(=O)(N[C@H](C(=O)Nc1ccncc1)C(C)C)OC(C)C. The van der Waals surface area contributed by atoms with Crippen molar-refractivity contribution in [1.29, 1.82) is 0 Å². The fourth-order valence-corrected chi connectivity index (χ4v) is 4.01. The molecule has 1 aromatic heterocycles. The molecular weight excluding hydrogens is 329 g/mol. The summed E-state index contributed by atoms with van der Waals surface area (Å²) in [6.07, 6.45) is 2.56. The number of hydrogen-bond donors (Lipinski definition) is 2. The smallest absolute Gasteiger partial charge is 0.325 e. The van der Waals surface area contributed by atoms with Crippen molar-refractivity contribution in [3.8, 4) is 0 Å². The molecule has 0 fully saturated rings. The van der Waals surface area contributed by atoms with Crippen LogP contribution in [0.25, 0.3) is 0 Å². The van der Waals surface area contributed by atoms with E-state index in [2.05, 4.69) is 15.4 Å². The first-order valence-corrected chi connectivity index (χ1v) is 9.62. The van der Waals surface area contributed by atoms with E-state index in [0.29, 0.717) is 5.69 Å². The number of carbonyl (C=O) groups excluding carboxylic acids is 1. The first-order chi connectivity index (χ1) is 11.1. The zero-order chi connectivity index (χ0) is 18.3. The van der Waals surface area contributed by atoms with Crippen molar-refractivity contribution in [2.24, 2.45) is 5.92 Å². The van der Waals surface area contributed by atoms with Gasteiger partial charge in [0.1, 0.15) is 0 Å². The van der Waals surface area contributed by atoms with Crippen LogP contribution in [0, 0.1) is 5.92 Å². The van der Waals surface area contributed by atoms with Gasteiger partial charge in [0.05, 0.1) is 18.2 Å². The van der Waals surface area contributed by atoms with Gasteiger partial charge in [-0.2, -0.15) is 0 Å². The largest absolute Gasteiger partial charge is 0.406 e. The van der Waals surface area contributed by atoms with Crippen LogP contribution >= 0.6 is 7.75 Å². The van der Waals surface area contributed by atoms with Crippen molar-refractivity contribution in [2.75, 3.05) is 5.32 Å². The lowest BCUT2D eigenvalue weighted by Gasteiger charge is -2.29. The minimum atomic E-state index is -3.62. The van der Waals surface area contributed by atoms with Crippen molar-refractivity contribution >= 4 is 19.3 Å². The summed E-state index contributed by atoms with van der Waals surface area (Å²) in [4.78, 5) is 16.5. The molecule has 1 amide bonds. The van der Waals surface area contributed by atoms with Gasteiger partial charge in [0.2, 0.25) is 5.91 Å². The molecule has 0 spiro atoms. The Morgan fingerprint density at radius 2 is 1.54 bits per heavy atom. The molecule has 0 unspecified atom stereocenters. The predicted molar refractivity (Wildman–Crippen MR) is 94.7 cm³/mol. The van der Waals surface area contributed by atoms with Gasteiger partial charge in [-0.1, -0.05) is 13.8 Å². The van der Waals surface area contributed by atoms with Gasteiger partial charge in [0, 0.05) is 18.1 Å². The van der Waals surface area contributed by atoms with E-state index in [1.54, 1.807) is 52.2 Å². The Hall–Kier alpha value is -1.27. The molecule has 0 radical (unpaired) electrons. The summed E-state index contributed by atoms with van der Waals surface area (Å²) in [5, 5.41) is 5.57. The Labute approximate surface area is 144 Å². The maximum atomic E-state index is 13.0. The maximum absolute atomic E-state index is 13.0. The van der Waals surface area contributed by atoms with E-state index < -0.39 is 13.8 Å². The molecule has 0 aliphatic rings. The first-order valence-electron chi connectivity index (χ1n) is 8.08. The molecule has 1 atom stereocenters. The number of anilines is 1. The zero-order valence-corrected chi connectivity index (χ0v) is 16.0. The summed E-state index contributed by atoms with van der Waals surface area (Å²) >= 11 is 0. The summed E-state index contributed by atoms with van der Waals surface area (Å²) in [5.74, 6) is -0.428. The maximum Gasteiger partial charge on any atom is 0.406 e. The number of carbonyl (C=O) groups is 1. The van der Waals surface area contributed by atoms with Crippen molar-refractivity contribution < 1.29 is 18.4 Å². The highest BCUT2D eigenvalue weighted by atomic mass is 31.2. The van der Waals surface area contributed by atoms with Crippen LogP contribution in [0.15, 0.2) is 24.5 Å². The Kier molecular flexibility index (Phi) is 8.03. The molecule has 0 bridgehead atoms. The minimum absolute atomic E-state index is 0.119. The number of pyridine rings is 1. The number of aromatic nitrogens is 1. The van der Waals surface area contributed by atoms with E-state index in [4.69, 9.17) is 9.05 Å². The summed E-state index contributed by atoms with van der Waals surface area (Å²) in [6.45, 7) is 10.8. The number of nitrogens with zero attached hydrogens (tertiary/aromatic N) is 1. The number of nitrogens with one attached hydrogen (secondary N) is 2. The van der Waals surface area contributed by atoms with E-state index in [1.807, 2.05) is 13.8 Å². The standard InChI is InChI=1S/C16H28N3O4P/c1-11(2)15(16(20)18-14-7-9-17-10-8-14)19-24(21,22-12(3)4)23-13(5)6/h7-13,15H,1-6H3,(H,19,21)(H,17,18,20)/t15-/m0/s1. The molecule has 8 heteroatoms. The zero-order valence-electron chi connectivity index (χ0n) is 15.1. The minimum Gasteiger partial charge on any atom is -0.325 e. The number of hydrogen-bond acceptors (Lipinski definition) is 5. The molecule has 0 saturated heterocycles. The first kappa shape index (κ1) is 20.8. The Morgan fingerprint density at radius 3 is 1.96 bits per heavy atom. The summed E-state index contributed by atoms with van der Waals surface area (Å²) in [6, 6.07) is 2.63. The summed E-state index contributed by atoms with van der Waals surface area (Å²) in [5.41, 5.74) is 0.617. The van der Waals surface area contributed by atoms with Crippen LogP contribution in [0.3, 0.4) is 0 Å². The molecule has 0 saturated carbocycles. The third kappa shape index (κ3) is 7.09. The van der Waals surface area contributed by atoms with Crippen molar-refractivity contribution in [1.82, 2.24) is 10.1 Å². The lowest BCUT2D eigenvalue weighted by Crippen LogP contribution is -2.43. The van der Waals surface area contributed by atoms with E-state index in [9.17, 15) is 9.36 Å². The van der Waals surface area contributed by atoms with Gasteiger partial charge in [0.15, 0.2) is 0 Å². The van der Waals surface area contributed by atoms with Gasteiger partial charge in [-0.25, -0.2) is 9.65 Å². The van der Waals surface area contributed by atoms with Crippen LogP contribution in [0.1, 0.15) is 41.5 Å². The molecule has 2 N–H and O–H groups in total. The Morgan fingerprint density at radius 1 is 1.04 bits per heavy atom.